The lowest BCUT2D eigenvalue weighted by atomic mass is 10.1. The summed E-state index contributed by atoms with van der Waals surface area (Å²) in [6.45, 7) is 7.73. The third-order valence-electron chi connectivity index (χ3n) is 3.08. The average Bonchev–Trinajstić information content (AvgIpc) is 2.34. The monoisotopic (exact) mass is 266 g/mol. The molecule has 0 aliphatic heterocycles. The summed E-state index contributed by atoms with van der Waals surface area (Å²) in [6, 6.07) is 4.29. The fraction of sp³-hybridized carbons (Fsp3) is 0.533. The van der Waals surface area contributed by atoms with Crippen LogP contribution < -0.4 is 10.6 Å². The van der Waals surface area contributed by atoms with Crippen molar-refractivity contribution in [3.05, 3.63) is 29.6 Å². The van der Waals surface area contributed by atoms with Gasteiger partial charge in [0.1, 0.15) is 11.9 Å². The minimum atomic E-state index is -0.389. The van der Waals surface area contributed by atoms with E-state index in [0.717, 1.165) is 18.4 Å². The number of anilines is 1. The van der Waals surface area contributed by atoms with Crippen molar-refractivity contribution in [2.75, 3.05) is 5.32 Å². The van der Waals surface area contributed by atoms with Crippen LogP contribution in [0.3, 0.4) is 0 Å². The van der Waals surface area contributed by atoms with E-state index in [0.29, 0.717) is 5.69 Å². The van der Waals surface area contributed by atoms with Gasteiger partial charge in [-0.1, -0.05) is 19.4 Å². The number of rotatable bonds is 6. The molecule has 0 aliphatic rings. The van der Waals surface area contributed by atoms with Crippen LogP contribution in [-0.4, -0.2) is 18.0 Å². The van der Waals surface area contributed by atoms with Gasteiger partial charge in [-0.15, -0.1) is 0 Å². The molecule has 0 fully saturated rings. The van der Waals surface area contributed by atoms with Crippen molar-refractivity contribution >= 4 is 11.6 Å². The minimum Gasteiger partial charge on any atom is -0.374 e. The number of halogens is 1. The Morgan fingerprint density at radius 2 is 2.05 bits per heavy atom. The summed E-state index contributed by atoms with van der Waals surface area (Å²) in [4.78, 5) is 12.0. The smallest absolute Gasteiger partial charge is 0.242 e. The summed E-state index contributed by atoms with van der Waals surface area (Å²) < 4.78 is 13.2. The van der Waals surface area contributed by atoms with Gasteiger partial charge < -0.3 is 10.6 Å². The highest BCUT2D eigenvalue weighted by Crippen LogP contribution is 2.17. The number of benzene rings is 1. The van der Waals surface area contributed by atoms with Crippen LogP contribution in [0.1, 0.15) is 39.2 Å². The van der Waals surface area contributed by atoms with Crippen molar-refractivity contribution in [2.24, 2.45) is 0 Å². The molecule has 0 bridgehead atoms. The quantitative estimate of drug-likeness (QED) is 0.830. The van der Waals surface area contributed by atoms with Gasteiger partial charge in [-0.05, 0) is 44.9 Å². The second-order valence-corrected chi connectivity index (χ2v) is 5.02. The first-order valence-corrected chi connectivity index (χ1v) is 6.77. The molecule has 0 aliphatic carbocycles. The van der Waals surface area contributed by atoms with E-state index in [4.69, 9.17) is 0 Å². The van der Waals surface area contributed by atoms with E-state index in [-0.39, 0.29) is 23.8 Å². The van der Waals surface area contributed by atoms with Gasteiger partial charge >= 0.3 is 0 Å². The Balaban J connectivity index is 2.61. The molecule has 0 aromatic heterocycles. The van der Waals surface area contributed by atoms with Crippen LogP contribution in [0.25, 0.3) is 0 Å². The number of amides is 1. The molecule has 0 spiro atoms. The van der Waals surface area contributed by atoms with E-state index >= 15 is 0 Å². The van der Waals surface area contributed by atoms with Crippen LogP contribution >= 0.6 is 0 Å². The first-order chi connectivity index (χ1) is 8.93. The fourth-order valence-corrected chi connectivity index (χ4v) is 1.92. The van der Waals surface area contributed by atoms with Gasteiger partial charge in [-0.2, -0.15) is 0 Å². The minimum absolute atomic E-state index is 0.0652. The Morgan fingerprint density at radius 1 is 1.37 bits per heavy atom. The lowest BCUT2D eigenvalue weighted by Crippen LogP contribution is -2.42. The molecule has 1 amide bonds. The average molecular weight is 266 g/mol. The van der Waals surface area contributed by atoms with Crippen molar-refractivity contribution < 1.29 is 9.18 Å². The van der Waals surface area contributed by atoms with Crippen molar-refractivity contribution in [1.29, 1.82) is 0 Å². The van der Waals surface area contributed by atoms with E-state index < -0.39 is 0 Å². The number of carbonyl (C=O) groups excluding carboxylic acids is 1. The third-order valence-corrected chi connectivity index (χ3v) is 3.08. The number of hydrogen-bond acceptors (Lipinski definition) is 2. The molecule has 2 atom stereocenters. The van der Waals surface area contributed by atoms with Crippen molar-refractivity contribution in [1.82, 2.24) is 5.32 Å². The van der Waals surface area contributed by atoms with Gasteiger partial charge in [0.25, 0.3) is 0 Å². The zero-order valence-corrected chi connectivity index (χ0v) is 12.1. The van der Waals surface area contributed by atoms with Gasteiger partial charge in [0.15, 0.2) is 0 Å². The summed E-state index contributed by atoms with van der Waals surface area (Å²) in [5, 5.41) is 5.99. The predicted molar refractivity (Wildman–Crippen MR) is 76.7 cm³/mol. The molecule has 0 saturated heterocycles. The normalized spacial score (nSPS) is 13.7. The molecule has 1 aromatic rings. The Labute approximate surface area is 114 Å². The zero-order chi connectivity index (χ0) is 14.4. The predicted octanol–water partition coefficient (Wildman–Crippen LogP) is 3.24. The van der Waals surface area contributed by atoms with Crippen LogP contribution in [0.15, 0.2) is 18.2 Å². The molecular formula is C15H23FN2O. The second kappa shape index (κ2) is 7.12. The van der Waals surface area contributed by atoms with Crippen LogP contribution in [0.2, 0.25) is 0 Å². The Bertz CT molecular complexity index is 434. The summed E-state index contributed by atoms with van der Waals surface area (Å²) in [5.41, 5.74) is 1.58. The number of aryl methyl sites for hydroxylation is 1. The highest BCUT2D eigenvalue weighted by Gasteiger charge is 2.15. The van der Waals surface area contributed by atoms with E-state index in [1.165, 1.54) is 12.1 Å². The van der Waals surface area contributed by atoms with Crippen molar-refractivity contribution in [3.63, 3.8) is 0 Å². The van der Waals surface area contributed by atoms with Crippen LogP contribution in [0, 0.1) is 12.7 Å². The van der Waals surface area contributed by atoms with Gasteiger partial charge in [-0.3, -0.25) is 4.79 Å². The second-order valence-electron chi connectivity index (χ2n) is 5.02. The lowest BCUT2D eigenvalue weighted by Gasteiger charge is -2.19. The van der Waals surface area contributed by atoms with E-state index in [1.54, 1.807) is 13.0 Å². The van der Waals surface area contributed by atoms with Gasteiger partial charge in [-0.25, -0.2) is 4.39 Å². The molecule has 4 heteroatoms. The summed E-state index contributed by atoms with van der Waals surface area (Å²) in [5.74, 6) is -0.371. The number of nitrogens with one attached hydrogen (secondary N) is 2. The summed E-state index contributed by atoms with van der Waals surface area (Å²) in [6.07, 6.45) is 1.99. The van der Waals surface area contributed by atoms with Crippen molar-refractivity contribution in [3.8, 4) is 0 Å². The molecule has 3 nitrogen and oxygen atoms in total. The van der Waals surface area contributed by atoms with Crippen LogP contribution in [0.5, 0.6) is 0 Å². The zero-order valence-electron chi connectivity index (χ0n) is 12.1. The fourth-order valence-electron chi connectivity index (χ4n) is 1.92. The van der Waals surface area contributed by atoms with E-state index in [2.05, 4.69) is 17.6 Å². The highest BCUT2D eigenvalue weighted by atomic mass is 19.1. The van der Waals surface area contributed by atoms with Gasteiger partial charge in [0.05, 0.1) is 0 Å². The molecule has 2 unspecified atom stereocenters. The van der Waals surface area contributed by atoms with Crippen LogP contribution in [-0.2, 0) is 4.79 Å². The summed E-state index contributed by atoms with van der Waals surface area (Å²) in [7, 11) is 0. The van der Waals surface area contributed by atoms with E-state index in [9.17, 15) is 9.18 Å². The molecule has 0 heterocycles. The van der Waals surface area contributed by atoms with Crippen molar-refractivity contribution in [2.45, 2.75) is 52.6 Å². The first-order valence-electron chi connectivity index (χ1n) is 6.77. The summed E-state index contributed by atoms with van der Waals surface area (Å²) >= 11 is 0. The molecule has 2 N–H and O–H groups in total. The maximum atomic E-state index is 13.2. The van der Waals surface area contributed by atoms with Crippen LogP contribution in [0.4, 0.5) is 10.1 Å². The molecular weight excluding hydrogens is 243 g/mol. The molecule has 0 radical (unpaired) electrons. The first kappa shape index (κ1) is 15.5. The van der Waals surface area contributed by atoms with E-state index in [1.807, 2.05) is 13.8 Å². The molecule has 1 aromatic carbocycles. The van der Waals surface area contributed by atoms with Gasteiger partial charge in [0.2, 0.25) is 5.91 Å². The Kier molecular flexibility index (Phi) is 5.80. The molecule has 19 heavy (non-hydrogen) atoms. The SMILES string of the molecule is CCCC(C)NC(=O)C(C)Nc1cc(F)ccc1C. The molecule has 106 valence electrons. The lowest BCUT2D eigenvalue weighted by molar-refractivity contribution is -0.122. The molecule has 0 saturated carbocycles. The maximum absolute atomic E-state index is 13.2. The molecule has 1 rings (SSSR count). The Morgan fingerprint density at radius 3 is 2.68 bits per heavy atom. The number of carbonyl (C=O) groups is 1. The topological polar surface area (TPSA) is 41.1 Å². The largest absolute Gasteiger partial charge is 0.374 e. The number of hydrogen-bond donors (Lipinski definition) is 2. The standard InChI is InChI=1S/C15H23FN2O/c1-5-6-11(3)17-15(19)12(4)18-14-9-13(16)8-7-10(14)2/h7-9,11-12,18H,5-6H2,1-4H3,(H,17,19). The van der Waals surface area contributed by atoms with Gasteiger partial charge in [0, 0.05) is 11.7 Å². The third kappa shape index (κ3) is 4.89. The maximum Gasteiger partial charge on any atom is 0.242 e. The highest BCUT2D eigenvalue weighted by molar-refractivity contribution is 5.84. The Hall–Kier alpha value is -1.58.